The van der Waals surface area contributed by atoms with Crippen LogP contribution in [-0.4, -0.2) is 42.8 Å². The van der Waals surface area contributed by atoms with E-state index in [1.54, 1.807) is 31.4 Å². The number of rotatable bonds is 7. The normalized spacial score (nSPS) is 11.3. The molecule has 0 saturated heterocycles. The smallest absolute Gasteiger partial charge is 0.241 e. The fourth-order valence-electron chi connectivity index (χ4n) is 2.33. The Kier molecular flexibility index (Phi) is 5.14. The van der Waals surface area contributed by atoms with Crippen LogP contribution in [0.25, 0.3) is 5.69 Å². The van der Waals surface area contributed by atoms with Gasteiger partial charge >= 0.3 is 0 Å². The van der Waals surface area contributed by atoms with Crippen LogP contribution >= 0.6 is 0 Å². The molecule has 3 aromatic rings. The molecule has 26 heavy (non-hydrogen) atoms. The molecule has 0 aliphatic carbocycles. The second-order valence-corrected chi connectivity index (χ2v) is 7.03. The van der Waals surface area contributed by atoms with E-state index in [9.17, 15) is 8.42 Å². The van der Waals surface area contributed by atoms with E-state index >= 15 is 0 Å². The molecule has 0 spiro atoms. The Bertz CT molecular complexity index is 990. The van der Waals surface area contributed by atoms with Crippen molar-refractivity contribution >= 4 is 10.0 Å². The van der Waals surface area contributed by atoms with E-state index in [1.165, 1.54) is 30.3 Å². The third-order valence-electron chi connectivity index (χ3n) is 3.66. The second-order valence-electron chi connectivity index (χ2n) is 5.26. The van der Waals surface area contributed by atoms with E-state index in [2.05, 4.69) is 20.2 Å². The van der Waals surface area contributed by atoms with Gasteiger partial charge in [0.05, 0.1) is 19.1 Å². The fourth-order valence-corrected chi connectivity index (χ4v) is 3.36. The number of nitrogens with zero attached hydrogens (tertiary/aromatic N) is 4. The first-order valence-corrected chi connectivity index (χ1v) is 9.06. The minimum Gasteiger partial charge on any atom is -0.497 e. The van der Waals surface area contributed by atoms with Crippen LogP contribution in [0.4, 0.5) is 0 Å². The molecule has 0 saturated carbocycles. The van der Waals surface area contributed by atoms with Crippen LogP contribution in [0.5, 0.6) is 11.5 Å². The van der Waals surface area contributed by atoms with Crippen LogP contribution in [0.15, 0.2) is 53.7 Å². The maximum atomic E-state index is 12.6. The lowest BCUT2D eigenvalue weighted by atomic mass is 10.2. The van der Waals surface area contributed by atoms with Gasteiger partial charge in [0, 0.05) is 12.6 Å². The van der Waals surface area contributed by atoms with Crippen molar-refractivity contribution in [3.63, 3.8) is 0 Å². The van der Waals surface area contributed by atoms with Gasteiger partial charge in [0.2, 0.25) is 10.0 Å². The van der Waals surface area contributed by atoms with E-state index in [0.717, 1.165) is 5.56 Å². The van der Waals surface area contributed by atoms with E-state index in [1.807, 2.05) is 6.07 Å². The summed E-state index contributed by atoms with van der Waals surface area (Å²) in [5.41, 5.74) is 1.31. The van der Waals surface area contributed by atoms with Crippen LogP contribution in [0, 0.1) is 0 Å². The molecule has 0 unspecified atom stereocenters. The zero-order chi connectivity index (χ0) is 18.6. The van der Waals surface area contributed by atoms with Crippen molar-refractivity contribution in [3.05, 3.63) is 54.4 Å². The quantitative estimate of drug-likeness (QED) is 0.660. The summed E-state index contributed by atoms with van der Waals surface area (Å²) in [7, 11) is -0.723. The van der Waals surface area contributed by atoms with Crippen molar-refractivity contribution in [1.29, 1.82) is 0 Å². The molecule has 3 rings (SSSR count). The van der Waals surface area contributed by atoms with E-state index in [-0.39, 0.29) is 11.4 Å². The molecule has 0 radical (unpaired) electrons. The molecule has 1 heterocycles. The Morgan fingerprint density at radius 3 is 2.65 bits per heavy atom. The van der Waals surface area contributed by atoms with E-state index in [4.69, 9.17) is 9.47 Å². The third kappa shape index (κ3) is 3.81. The predicted octanol–water partition coefficient (Wildman–Crippen LogP) is 1.16. The molecular formula is C16H17N5O4S. The number of nitrogens with one attached hydrogen (secondary N) is 1. The van der Waals surface area contributed by atoms with E-state index in [0.29, 0.717) is 17.2 Å². The summed E-state index contributed by atoms with van der Waals surface area (Å²) in [5.74, 6) is 0.996. The third-order valence-corrected chi connectivity index (χ3v) is 5.06. The van der Waals surface area contributed by atoms with Crippen molar-refractivity contribution in [2.24, 2.45) is 0 Å². The summed E-state index contributed by atoms with van der Waals surface area (Å²) in [5, 5.41) is 10.9. The zero-order valence-electron chi connectivity index (χ0n) is 14.2. The number of tetrazole rings is 1. The number of hydrogen-bond donors (Lipinski definition) is 1. The molecule has 136 valence electrons. The topological polar surface area (TPSA) is 108 Å². The van der Waals surface area contributed by atoms with Gasteiger partial charge in [-0.15, -0.1) is 5.10 Å². The minimum atomic E-state index is -3.73. The van der Waals surface area contributed by atoms with Crippen molar-refractivity contribution in [2.75, 3.05) is 14.2 Å². The summed E-state index contributed by atoms with van der Waals surface area (Å²) in [6, 6.07) is 11.6. The van der Waals surface area contributed by atoms with Gasteiger partial charge in [-0.3, -0.25) is 0 Å². The van der Waals surface area contributed by atoms with Crippen LogP contribution in [0.1, 0.15) is 5.56 Å². The van der Waals surface area contributed by atoms with Crippen molar-refractivity contribution in [1.82, 2.24) is 24.9 Å². The van der Waals surface area contributed by atoms with Crippen LogP contribution < -0.4 is 14.2 Å². The van der Waals surface area contributed by atoms with Gasteiger partial charge in [-0.1, -0.05) is 12.1 Å². The number of aromatic nitrogens is 4. The van der Waals surface area contributed by atoms with E-state index < -0.39 is 10.0 Å². The van der Waals surface area contributed by atoms with Gasteiger partial charge in [0.15, 0.2) is 0 Å². The predicted molar refractivity (Wildman–Crippen MR) is 92.7 cm³/mol. The Morgan fingerprint density at radius 2 is 1.96 bits per heavy atom. The van der Waals surface area contributed by atoms with Gasteiger partial charge in [0.25, 0.3) is 0 Å². The summed E-state index contributed by atoms with van der Waals surface area (Å²) in [6.07, 6.45) is 1.40. The highest BCUT2D eigenvalue weighted by atomic mass is 32.2. The Morgan fingerprint density at radius 1 is 1.12 bits per heavy atom. The number of hydrogen-bond acceptors (Lipinski definition) is 7. The lowest BCUT2D eigenvalue weighted by Gasteiger charge is -2.11. The number of sulfonamides is 1. The Balaban J connectivity index is 1.82. The molecular weight excluding hydrogens is 358 g/mol. The van der Waals surface area contributed by atoms with Crippen molar-refractivity contribution < 1.29 is 17.9 Å². The summed E-state index contributed by atoms with van der Waals surface area (Å²) in [4.78, 5) is 0.0778. The Labute approximate surface area is 150 Å². The summed E-state index contributed by atoms with van der Waals surface area (Å²) in [6.45, 7) is 0.136. The fraction of sp³-hybridized carbons (Fsp3) is 0.188. The number of ether oxygens (including phenoxy) is 2. The van der Waals surface area contributed by atoms with Gasteiger partial charge in [0.1, 0.15) is 23.5 Å². The van der Waals surface area contributed by atoms with Gasteiger partial charge < -0.3 is 9.47 Å². The maximum absolute atomic E-state index is 12.6. The first-order chi connectivity index (χ1) is 12.5. The average molecular weight is 375 g/mol. The summed E-state index contributed by atoms with van der Waals surface area (Å²) < 4.78 is 39.5. The highest BCUT2D eigenvalue weighted by Gasteiger charge is 2.17. The van der Waals surface area contributed by atoms with Crippen LogP contribution in [0.3, 0.4) is 0 Å². The molecule has 0 amide bonds. The van der Waals surface area contributed by atoms with Gasteiger partial charge in [-0.25, -0.2) is 13.1 Å². The average Bonchev–Trinajstić information content (AvgIpc) is 3.20. The standard InChI is InChI=1S/C16H17N5O4S/c1-24-13-5-3-4-12(8-13)10-18-26(22,23)14-6-7-15(16(9-14)25-2)21-11-17-19-20-21/h3-9,11,18H,10H2,1-2H3. The second kappa shape index (κ2) is 7.50. The van der Waals surface area contributed by atoms with Crippen LogP contribution in [0.2, 0.25) is 0 Å². The van der Waals surface area contributed by atoms with Gasteiger partial charge in [-0.05, 0) is 40.3 Å². The largest absolute Gasteiger partial charge is 0.497 e. The van der Waals surface area contributed by atoms with Gasteiger partial charge in [-0.2, -0.15) is 4.68 Å². The molecule has 0 aliphatic rings. The lowest BCUT2D eigenvalue weighted by Crippen LogP contribution is -2.23. The molecule has 9 nitrogen and oxygen atoms in total. The monoisotopic (exact) mass is 375 g/mol. The minimum absolute atomic E-state index is 0.0778. The molecule has 0 fully saturated rings. The molecule has 2 aromatic carbocycles. The van der Waals surface area contributed by atoms with Crippen LogP contribution in [-0.2, 0) is 16.6 Å². The molecule has 0 atom stereocenters. The molecule has 10 heteroatoms. The lowest BCUT2D eigenvalue weighted by molar-refractivity contribution is 0.410. The zero-order valence-corrected chi connectivity index (χ0v) is 15.0. The number of methoxy groups -OCH3 is 2. The van der Waals surface area contributed by atoms with Crippen molar-refractivity contribution in [2.45, 2.75) is 11.4 Å². The first-order valence-electron chi connectivity index (χ1n) is 7.57. The highest BCUT2D eigenvalue weighted by Crippen LogP contribution is 2.25. The molecule has 0 bridgehead atoms. The molecule has 1 N–H and O–H groups in total. The SMILES string of the molecule is COc1cccc(CNS(=O)(=O)c2ccc(-n3cnnn3)c(OC)c2)c1. The maximum Gasteiger partial charge on any atom is 0.241 e. The van der Waals surface area contributed by atoms with Crippen molar-refractivity contribution in [3.8, 4) is 17.2 Å². The molecule has 1 aromatic heterocycles. The molecule has 0 aliphatic heterocycles. The summed E-state index contributed by atoms with van der Waals surface area (Å²) >= 11 is 0. The number of benzene rings is 2. The first kappa shape index (κ1) is 17.8. The highest BCUT2D eigenvalue weighted by molar-refractivity contribution is 7.89. The Hall–Kier alpha value is -2.98.